The van der Waals surface area contributed by atoms with Gasteiger partial charge in [-0.15, -0.1) is 23.1 Å². The molecule has 4 nitrogen and oxygen atoms in total. The SMILES string of the molecule is COC(=O)C1=C(C)NC2=C(C(=O)CCC2)[C@@H]1c1cc(C)sc1SC. The summed E-state index contributed by atoms with van der Waals surface area (Å²) >= 11 is 3.37. The molecule has 1 aliphatic heterocycles. The first-order valence-electron chi connectivity index (χ1n) is 7.94. The third-order valence-electron chi connectivity index (χ3n) is 4.53. The van der Waals surface area contributed by atoms with E-state index in [-0.39, 0.29) is 17.7 Å². The van der Waals surface area contributed by atoms with Crippen molar-refractivity contribution in [3.63, 3.8) is 0 Å². The van der Waals surface area contributed by atoms with Crippen LogP contribution in [-0.4, -0.2) is 25.1 Å². The summed E-state index contributed by atoms with van der Waals surface area (Å²) in [5.41, 5.74) is 4.11. The molecule has 2 aliphatic rings. The quantitative estimate of drug-likeness (QED) is 0.652. The van der Waals surface area contributed by atoms with Gasteiger partial charge >= 0.3 is 5.97 Å². The number of dihydropyridines is 1. The molecule has 2 heterocycles. The van der Waals surface area contributed by atoms with E-state index in [4.69, 9.17) is 4.74 Å². The van der Waals surface area contributed by atoms with Crippen LogP contribution in [0, 0.1) is 6.92 Å². The van der Waals surface area contributed by atoms with E-state index in [2.05, 4.69) is 18.3 Å². The summed E-state index contributed by atoms with van der Waals surface area (Å²) in [6, 6.07) is 2.11. The van der Waals surface area contributed by atoms with Crippen LogP contribution in [0.15, 0.2) is 32.8 Å². The lowest BCUT2D eigenvalue weighted by Gasteiger charge is -2.34. The number of methoxy groups -OCH3 is 1. The second-order valence-corrected chi connectivity index (χ2v) is 8.39. The summed E-state index contributed by atoms with van der Waals surface area (Å²) in [5.74, 6) is -0.557. The summed E-state index contributed by atoms with van der Waals surface area (Å²) in [6.07, 6.45) is 4.28. The van der Waals surface area contributed by atoms with Gasteiger partial charge in [0.2, 0.25) is 0 Å². The molecule has 0 amide bonds. The molecule has 0 fully saturated rings. The number of aryl methyl sites for hydroxylation is 1. The number of carbonyl (C=O) groups is 2. The van der Waals surface area contributed by atoms with Crippen LogP contribution in [-0.2, 0) is 14.3 Å². The van der Waals surface area contributed by atoms with Crippen LogP contribution in [0.2, 0.25) is 0 Å². The van der Waals surface area contributed by atoms with Crippen molar-refractivity contribution < 1.29 is 14.3 Å². The number of hydrogen-bond donors (Lipinski definition) is 1. The Bertz CT molecular complexity index is 773. The minimum Gasteiger partial charge on any atom is -0.466 e. The van der Waals surface area contributed by atoms with Crippen molar-refractivity contribution in [3.8, 4) is 0 Å². The van der Waals surface area contributed by atoms with Gasteiger partial charge in [0.25, 0.3) is 0 Å². The van der Waals surface area contributed by atoms with Gasteiger partial charge in [-0.25, -0.2) is 4.79 Å². The molecule has 0 spiro atoms. The normalized spacial score (nSPS) is 20.8. The Labute approximate surface area is 150 Å². The summed E-state index contributed by atoms with van der Waals surface area (Å²) in [7, 11) is 1.39. The van der Waals surface area contributed by atoms with Crippen molar-refractivity contribution in [2.75, 3.05) is 13.4 Å². The van der Waals surface area contributed by atoms with E-state index in [0.717, 1.165) is 39.6 Å². The number of nitrogens with one attached hydrogen (secondary N) is 1. The maximum Gasteiger partial charge on any atom is 0.336 e. The molecule has 128 valence electrons. The third kappa shape index (κ3) is 2.82. The second-order valence-electron chi connectivity index (χ2n) is 6.06. The number of esters is 1. The first-order valence-corrected chi connectivity index (χ1v) is 9.98. The predicted octanol–water partition coefficient (Wildman–Crippen LogP) is 3.92. The highest BCUT2D eigenvalue weighted by Crippen LogP contribution is 2.47. The molecule has 1 aliphatic carbocycles. The highest BCUT2D eigenvalue weighted by atomic mass is 32.2. The van der Waals surface area contributed by atoms with Crippen LogP contribution in [0.1, 0.15) is 42.5 Å². The van der Waals surface area contributed by atoms with E-state index >= 15 is 0 Å². The van der Waals surface area contributed by atoms with E-state index in [1.807, 2.05) is 13.2 Å². The van der Waals surface area contributed by atoms with Crippen molar-refractivity contribution >= 4 is 34.9 Å². The summed E-state index contributed by atoms with van der Waals surface area (Å²) in [4.78, 5) is 26.4. The Kier molecular flexibility index (Phi) is 4.88. The van der Waals surface area contributed by atoms with Crippen LogP contribution in [0.3, 0.4) is 0 Å². The standard InChI is InChI=1S/C18H21NO3S2/c1-9-8-11(18(23-4)24-9)15-14(17(21)22-3)10(2)19-12-6-5-7-13(20)16(12)15/h8,15,19H,5-7H2,1-4H3/t15-/m1/s1. The highest BCUT2D eigenvalue weighted by Gasteiger charge is 2.40. The maximum absolute atomic E-state index is 12.7. The Balaban J connectivity index is 2.23. The molecule has 0 bridgehead atoms. The molecule has 0 aromatic carbocycles. The highest BCUT2D eigenvalue weighted by molar-refractivity contribution is 8.00. The Morgan fingerprint density at radius 1 is 1.38 bits per heavy atom. The lowest BCUT2D eigenvalue weighted by Crippen LogP contribution is -2.34. The first-order chi connectivity index (χ1) is 11.5. The monoisotopic (exact) mass is 363 g/mol. The smallest absolute Gasteiger partial charge is 0.336 e. The van der Waals surface area contributed by atoms with Crippen molar-refractivity contribution in [3.05, 3.63) is 39.0 Å². The summed E-state index contributed by atoms with van der Waals surface area (Å²) < 4.78 is 6.18. The second kappa shape index (κ2) is 6.76. The Morgan fingerprint density at radius 3 is 2.79 bits per heavy atom. The number of thiophene rings is 1. The number of ketones is 1. The van der Waals surface area contributed by atoms with E-state index in [9.17, 15) is 9.59 Å². The lowest BCUT2D eigenvalue weighted by molar-refractivity contribution is -0.136. The fraction of sp³-hybridized carbons (Fsp3) is 0.444. The number of allylic oxidation sites excluding steroid dienone is 3. The zero-order valence-corrected chi connectivity index (χ0v) is 16.0. The molecule has 1 aromatic rings. The van der Waals surface area contributed by atoms with E-state index in [1.54, 1.807) is 23.1 Å². The van der Waals surface area contributed by atoms with Crippen molar-refractivity contribution in [2.45, 2.75) is 43.2 Å². The van der Waals surface area contributed by atoms with E-state index < -0.39 is 0 Å². The number of hydrogen-bond acceptors (Lipinski definition) is 6. The minimum absolute atomic E-state index is 0.138. The minimum atomic E-state index is -0.370. The number of rotatable bonds is 3. The molecule has 3 rings (SSSR count). The third-order valence-corrected chi connectivity index (χ3v) is 6.74. The van der Waals surface area contributed by atoms with Crippen molar-refractivity contribution in [2.24, 2.45) is 0 Å². The van der Waals surface area contributed by atoms with Gasteiger partial charge in [0.1, 0.15) is 0 Å². The lowest BCUT2D eigenvalue weighted by atomic mass is 9.76. The van der Waals surface area contributed by atoms with Crippen molar-refractivity contribution in [1.29, 1.82) is 0 Å². The molecule has 0 radical (unpaired) electrons. The van der Waals surface area contributed by atoms with Crippen LogP contribution < -0.4 is 5.32 Å². The van der Waals surface area contributed by atoms with Gasteiger partial charge in [-0.05, 0) is 44.6 Å². The van der Waals surface area contributed by atoms with Crippen LogP contribution >= 0.6 is 23.1 Å². The van der Waals surface area contributed by atoms with Gasteiger partial charge in [0.05, 0.1) is 22.8 Å². The number of carbonyl (C=O) groups excluding carboxylic acids is 2. The van der Waals surface area contributed by atoms with Crippen LogP contribution in [0.4, 0.5) is 0 Å². The van der Waals surface area contributed by atoms with Crippen LogP contribution in [0.25, 0.3) is 0 Å². The topological polar surface area (TPSA) is 55.4 Å². The molecular formula is C18H21NO3S2. The Hall–Kier alpha value is -1.53. The first kappa shape index (κ1) is 17.3. The summed E-state index contributed by atoms with van der Waals surface area (Å²) in [6.45, 7) is 3.95. The average molecular weight is 364 g/mol. The zero-order chi connectivity index (χ0) is 17.4. The molecule has 0 saturated carbocycles. The van der Waals surface area contributed by atoms with Crippen LogP contribution in [0.5, 0.6) is 0 Å². The Morgan fingerprint density at radius 2 is 2.12 bits per heavy atom. The van der Waals surface area contributed by atoms with Crippen molar-refractivity contribution in [1.82, 2.24) is 5.32 Å². The van der Waals surface area contributed by atoms with Gasteiger partial charge in [-0.1, -0.05) is 0 Å². The molecule has 24 heavy (non-hydrogen) atoms. The molecule has 0 unspecified atom stereocenters. The number of thioether (sulfide) groups is 1. The molecule has 1 aromatic heterocycles. The summed E-state index contributed by atoms with van der Waals surface area (Å²) in [5, 5.41) is 3.29. The largest absolute Gasteiger partial charge is 0.466 e. The number of ether oxygens (including phenoxy) is 1. The molecule has 0 saturated heterocycles. The fourth-order valence-corrected chi connectivity index (χ4v) is 5.46. The fourth-order valence-electron chi connectivity index (χ4n) is 3.55. The van der Waals surface area contributed by atoms with Gasteiger partial charge in [0.15, 0.2) is 5.78 Å². The number of Topliss-reactive ketones (excluding diaryl/α,β-unsaturated/α-hetero) is 1. The van der Waals surface area contributed by atoms with E-state index in [0.29, 0.717) is 12.0 Å². The van der Waals surface area contributed by atoms with Gasteiger partial charge < -0.3 is 10.1 Å². The molecule has 6 heteroatoms. The van der Waals surface area contributed by atoms with Gasteiger partial charge in [0, 0.05) is 28.3 Å². The van der Waals surface area contributed by atoms with Gasteiger partial charge in [-0.2, -0.15) is 0 Å². The molecule has 1 N–H and O–H groups in total. The predicted molar refractivity (Wildman–Crippen MR) is 97.3 cm³/mol. The molecule has 1 atom stereocenters. The zero-order valence-electron chi connectivity index (χ0n) is 14.3. The maximum atomic E-state index is 12.7. The van der Waals surface area contributed by atoms with E-state index in [1.165, 1.54) is 12.0 Å². The molecular weight excluding hydrogens is 342 g/mol. The average Bonchev–Trinajstić information content (AvgIpc) is 2.93. The van der Waals surface area contributed by atoms with Gasteiger partial charge in [-0.3, -0.25) is 4.79 Å².